The van der Waals surface area contributed by atoms with E-state index in [1.165, 1.54) is 0 Å². The summed E-state index contributed by atoms with van der Waals surface area (Å²) in [5.74, 6) is 0. The Morgan fingerprint density at radius 1 is 1.00 bits per heavy atom. The minimum absolute atomic E-state index is 0.0129. The normalized spacial score (nSPS) is 10.9. The van der Waals surface area contributed by atoms with Gasteiger partial charge in [0.25, 0.3) is 0 Å². The molecule has 0 aliphatic carbocycles. The van der Waals surface area contributed by atoms with Crippen molar-refractivity contribution in [3.63, 3.8) is 0 Å². The Kier molecular flexibility index (Phi) is 2.11. The van der Waals surface area contributed by atoms with Gasteiger partial charge in [0.1, 0.15) is 11.2 Å². The molecule has 1 aromatic heterocycles. The minimum atomic E-state index is 0.0129. The van der Waals surface area contributed by atoms with E-state index >= 15 is 0 Å². The van der Waals surface area contributed by atoms with Crippen LogP contribution in [0.5, 0.6) is 0 Å². The zero-order chi connectivity index (χ0) is 11.8. The summed E-state index contributed by atoms with van der Waals surface area (Å²) >= 11 is 0. The number of rotatable bonds is 1. The first-order chi connectivity index (χ1) is 8.29. The van der Waals surface area contributed by atoms with Crippen LogP contribution in [-0.2, 0) is 0 Å². The molecule has 1 heterocycles. The van der Waals surface area contributed by atoms with Crippen molar-refractivity contribution in [2.45, 2.75) is 0 Å². The van der Waals surface area contributed by atoms with E-state index < -0.39 is 0 Å². The van der Waals surface area contributed by atoms with Crippen LogP contribution in [0.1, 0.15) is 0 Å². The highest BCUT2D eigenvalue weighted by Gasteiger charge is 2.07. The van der Waals surface area contributed by atoms with E-state index in [-0.39, 0.29) is 5.43 Å². The van der Waals surface area contributed by atoms with Crippen molar-refractivity contribution in [3.8, 4) is 0 Å². The summed E-state index contributed by atoms with van der Waals surface area (Å²) in [4.78, 5) is 12.3. The van der Waals surface area contributed by atoms with Gasteiger partial charge in [-0.25, -0.2) is 0 Å². The Morgan fingerprint density at radius 3 is 2.59 bits per heavy atom. The monoisotopic (exact) mass is 225 g/mol. The predicted octanol–water partition coefficient (Wildman–Crippen LogP) is 2.99. The molecule has 17 heavy (non-hydrogen) atoms. The summed E-state index contributed by atoms with van der Waals surface area (Å²) in [5.41, 5.74) is 2.16. The number of nitrogens with one attached hydrogen (secondary N) is 1. The minimum Gasteiger partial charge on any atom is -0.456 e. The van der Waals surface area contributed by atoms with Gasteiger partial charge in [-0.3, -0.25) is 4.79 Å². The molecule has 0 bridgehead atoms. The third-order valence-electron chi connectivity index (χ3n) is 2.86. The van der Waals surface area contributed by atoms with Crippen molar-refractivity contribution >= 4 is 27.6 Å². The predicted molar refractivity (Wildman–Crippen MR) is 69.5 cm³/mol. The molecule has 0 radical (unpaired) electrons. The zero-order valence-corrected chi connectivity index (χ0v) is 9.36. The van der Waals surface area contributed by atoms with Crippen molar-refractivity contribution in [2.75, 3.05) is 12.4 Å². The Labute approximate surface area is 97.7 Å². The van der Waals surface area contributed by atoms with Gasteiger partial charge in [0.15, 0.2) is 0 Å². The molecule has 0 atom stereocenters. The van der Waals surface area contributed by atoms with E-state index in [0.717, 1.165) is 5.69 Å². The van der Waals surface area contributed by atoms with Gasteiger partial charge < -0.3 is 9.73 Å². The van der Waals surface area contributed by atoms with Crippen LogP contribution in [0.15, 0.2) is 51.7 Å². The van der Waals surface area contributed by atoms with Gasteiger partial charge in [-0.05, 0) is 30.3 Å². The van der Waals surface area contributed by atoms with Crippen molar-refractivity contribution < 1.29 is 4.42 Å². The fourth-order valence-electron chi connectivity index (χ4n) is 1.96. The smallest absolute Gasteiger partial charge is 0.200 e. The van der Waals surface area contributed by atoms with Gasteiger partial charge in [0, 0.05) is 12.7 Å². The van der Waals surface area contributed by atoms with Crippen LogP contribution in [-0.4, -0.2) is 7.05 Å². The van der Waals surface area contributed by atoms with Crippen LogP contribution in [0.4, 0.5) is 5.69 Å². The van der Waals surface area contributed by atoms with Gasteiger partial charge in [-0.2, -0.15) is 0 Å². The number of benzene rings is 2. The molecule has 1 N–H and O–H groups in total. The fourth-order valence-corrected chi connectivity index (χ4v) is 1.96. The number of hydrogen-bond donors (Lipinski definition) is 1. The maximum absolute atomic E-state index is 12.3. The summed E-state index contributed by atoms with van der Waals surface area (Å²) in [6.07, 6.45) is 0. The second-order valence-electron chi connectivity index (χ2n) is 3.89. The number of hydrogen-bond acceptors (Lipinski definition) is 3. The lowest BCUT2D eigenvalue weighted by atomic mass is 10.1. The molecule has 84 valence electrons. The highest BCUT2D eigenvalue weighted by atomic mass is 16.3. The molecule has 0 aliphatic heterocycles. The quantitative estimate of drug-likeness (QED) is 0.647. The van der Waals surface area contributed by atoms with Crippen LogP contribution >= 0.6 is 0 Å². The molecule has 3 nitrogen and oxygen atoms in total. The first-order valence-corrected chi connectivity index (χ1v) is 5.43. The molecular formula is C14H11NO2. The average molecular weight is 225 g/mol. The van der Waals surface area contributed by atoms with Crippen molar-refractivity contribution in [1.29, 1.82) is 0 Å². The molecule has 0 unspecified atom stereocenters. The molecule has 0 amide bonds. The van der Waals surface area contributed by atoms with Crippen molar-refractivity contribution in [1.82, 2.24) is 0 Å². The maximum Gasteiger partial charge on any atom is 0.200 e. The first-order valence-electron chi connectivity index (χ1n) is 5.43. The van der Waals surface area contributed by atoms with Crippen LogP contribution in [0, 0.1) is 0 Å². The maximum atomic E-state index is 12.3. The lowest BCUT2D eigenvalue weighted by Gasteiger charge is -2.03. The van der Waals surface area contributed by atoms with Crippen LogP contribution in [0.25, 0.3) is 21.9 Å². The lowest BCUT2D eigenvalue weighted by Crippen LogP contribution is -2.02. The lowest BCUT2D eigenvalue weighted by molar-refractivity contribution is 0.660. The Balaban J connectivity index is 2.51. The molecule has 2 aromatic carbocycles. The first kappa shape index (κ1) is 9.90. The molecule has 0 saturated carbocycles. The SMILES string of the molecule is CNc1ccc2oc3ccccc3c(=O)c2c1. The Morgan fingerprint density at radius 2 is 1.76 bits per heavy atom. The van der Waals surface area contributed by atoms with Gasteiger partial charge in [-0.1, -0.05) is 12.1 Å². The molecule has 0 spiro atoms. The van der Waals surface area contributed by atoms with Crippen LogP contribution in [0.3, 0.4) is 0 Å². The number of anilines is 1. The summed E-state index contributed by atoms with van der Waals surface area (Å²) in [7, 11) is 1.82. The van der Waals surface area contributed by atoms with Gasteiger partial charge in [-0.15, -0.1) is 0 Å². The standard InChI is InChI=1S/C14H11NO2/c1-15-9-6-7-13-11(8-9)14(16)10-4-2-3-5-12(10)17-13/h2-8,15H,1H3. The van der Waals surface area contributed by atoms with E-state index in [4.69, 9.17) is 4.42 Å². The van der Waals surface area contributed by atoms with Gasteiger partial charge in [0.05, 0.1) is 10.8 Å². The topological polar surface area (TPSA) is 42.2 Å². The third kappa shape index (κ3) is 1.47. The molecular weight excluding hydrogens is 214 g/mol. The second kappa shape index (κ2) is 3.63. The summed E-state index contributed by atoms with van der Waals surface area (Å²) in [6, 6.07) is 12.8. The van der Waals surface area contributed by atoms with Gasteiger partial charge >= 0.3 is 0 Å². The zero-order valence-electron chi connectivity index (χ0n) is 9.36. The van der Waals surface area contributed by atoms with E-state index in [1.54, 1.807) is 6.07 Å². The number of fused-ring (bicyclic) bond motifs is 2. The van der Waals surface area contributed by atoms with Crippen LogP contribution < -0.4 is 10.7 Å². The molecule has 0 aliphatic rings. The molecule has 3 heteroatoms. The van der Waals surface area contributed by atoms with Crippen molar-refractivity contribution in [3.05, 3.63) is 52.7 Å². The Hall–Kier alpha value is -2.29. The third-order valence-corrected chi connectivity index (χ3v) is 2.86. The van der Waals surface area contributed by atoms with E-state index in [9.17, 15) is 4.79 Å². The van der Waals surface area contributed by atoms with E-state index in [2.05, 4.69) is 5.32 Å². The summed E-state index contributed by atoms with van der Waals surface area (Å²) in [5, 5.41) is 4.24. The van der Waals surface area contributed by atoms with E-state index in [1.807, 2.05) is 43.4 Å². The van der Waals surface area contributed by atoms with Gasteiger partial charge in [0.2, 0.25) is 5.43 Å². The number of para-hydroxylation sites is 1. The molecule has 3 rings (SSSR count). The largest absolute Gasteiger partial charge is 0.456 e. The average Bonchev–Trinajstić information content (AvgIpc) is 2.39. The highest BCUT2D eigenvalue weighted by Crippen LogP contribution is 2.20. The van der Waals surface area contributed by atoms with E-state index in [0.29, 0.717) is 21.9 Å². The second-order valence-corrected chi connectivity index (χ2v) is 3.89. The summed E-state index contributed by atoms with van der Waals surface area (Å²) in [6.45, 7) is 0. The molecule has 0 saturated heterocycles. The molecule has 3 aromatic rings. The van der Waals surface area contributed by atoms with Crippen LogP contribution in [0.2, 0.25) is 0 Å². The Bertz CT molecular complexity index is 759. The molecule has 0 fully saturated rings. The summed E-state index contributed by atoms with van der Waals surface area (Å²) < 4.78 is 5.70. The highest BCUT2D eigenvalue weighted by molar-refractivity contribution is 5.91. The fraction of sp³-hybridized carbons (Fsp3) is 0.0714. The van der Waals surface area contributed by atoms with Crippen molar-refractivity contribution in [2.24, 2.45) is 0 Å².